The first-order chi connectivity index (χ1) is 10.4. The Morgan fingerprint density at radius 3 is 2.32 bits per heavy atom. The van der Waals surface area contributed by atoms with Crippen LogP contribution in [0.3, 0.4) is 0 Å². The molecule has 0 aliphatic heterocycles. The minimum atomic E-state index is -0.530. The molecule has 0 atom stereocenters. The molecule has 0 fully saturated rings. The van der Waals surface area contributed by atoms with Crippen LogP contribution in [-0.4, -0.2) is 30.9 Å². The Bertz CT molecular complexity index is 523. The molecule has 6 nitrogen and oxygen atoms in total. The van der Waals surface area contributed by atoms with Crippen LogP contribution in [0.5, 0.6) is 5.75 Å². The second-order valence-corrected chi connectivity index (χ2v) is 5.36. The molecular formula is C16H22N2O4. The zero-order chi connectivity index (χ0) is 16.5. The number of rotatable bonds is 7. The quantitative estimate of drug-likeness (QED) is 0.756. The summed E-state index contributed by atoms with van der Waals surface area (Å²) in [5.41, 5.74) is 0.571. The van der Waals surface area contributed by atoms with Gasteiger partial charge < -0.3 is 10.1 Å². The minimum absolute atomic E-state index is 0.0395. The first-order valence-corrected chi connectivity index (χ1v) is 7.20. The van der Waals surface area contributed by atoms with Gasteiger partial charge in [0.1, 0.15) is 5.75 Å². The van der Waals surface area contributed by atoms with Crippen molar-refractivity contribution in [2.24, 2.45) is 5.92 Å². The van der Waals surface area contributed by atoms with Crippen molar-refractivity contribution in [1.29, 1.82) is 0 Å². The van der Waals surface area contributed by atoms with Crippen molar-refractivity contribution in [3.05, 3.63) is 29.8 Å². The average Bonchev–Trinajstić information content (AvgIpc) is 2.45. The van der Waals surface area contributed by atoms with Crippen molar-refractivity contribution >= 4 is 17.7 Å². The van der Waals surface area contributed by atoms with Crippen LogP contribution >= 0.6 is 0 Å². The lowest BCUT2D eigenvalue weighted by atomic mass is 10.1. The molecule has 0 radical (unpaired) electrons. The van der Waals surface area contributed by atoms with Crippen molar-refractivity contribution in [2.45, 2.75) is 27.2 Å². The fourth-order valence-electron chi connectivity index (χ4n) is 1.62. The maximum Gasteiger partial charge on any atom is 0.321 e. The van der Waals surface area contributed by atoms with E-state index < -0.39 is 11.9 Å². The summed E-state index contributed by atoms with van der Waals surface area (Å²) in [6.45, 7) is 5.83. The van der Waals surface area contributed by atoms with Crippen LogP contribution in [0.25, 0.3) is 0 Å². The third-order valence-corrected chi connectivity index (χ3v) is 2.89. The molecule has 1 aromatic rings. The molecule has 2 N–H and O–H groups in total. The first kappa shape index (κ1) is 17.7. The van der Waals surface area contributed by atoms with Gasteiger partial charge in [-0.25, -0.2) is 4.79 Å². The van der Waals surface area contributed by atoms with Gasteiger partial charge in [-0.2, -0.15) is 0 Å². The van der Waals surface area contributed by atoms with Gasteiger partial charge in [0.25, 0.3) is 5.91 Å². The summed E-state index contributed by atoms with van der Waals surface area (Å²) in [5, 5.41) is 4.78. The molecular weight excluding hydrogens is 284 g/mol. The fourth-order valence-corrected chi connectivity index (χ4v) is 1.62. The number of benzene rings is 1. The molecule has 0 unspecified atom stereocenters. The van der Waals surface area contributed by atoms with Gasteiger partial charge in [0.2, 0.25) is 0 Å². The topological polar surface area (TPSA) is 84.5 Å². The van der Waals surface area contributed by atoms with Crippen LogP contribution in [0.15, 0.2) is 24.3 Å². The summed E-state index contributed by atoms with van der Waals surface area (Å²) in [6, 6.07) is 5.92. The van der Waals surface area contributed by atoms with E-state index in [4.69, 9.17) is 4.74 Å². The highest BCUT2D eigenvalue weighted by Gasteiger charge is 2.08. The number of hydrogen-bond acceptors (Lipinski definition) is 4. The molecule has 120 valence electrons. The highest BCUT2D eigenvalue weighted by Crippen LogP contribution is 2.12. The lowest BCUT2D eigenvalue weighted by molar-refractivity contribution is -0.122. The summed E-state index contributed by atoms with van der Waals surface area (Å²) < 4.78 is 5.24. The van der Waals surface area contributed by atoms with Crippen molar-refractivity contribution in [1.82, 2.24) is 10.6 Å². The van der Waals surface area contributed by atoms with E-state index in [2.05, 4.69) is 24.5 Å². The predicted molar refractivity (Wildman–Crippen MR) is 82.9 cm³/mol. The molecule has 22 heavy (non-hydrogen) atoms. The van der Waals surface area contributed by atoms with Gasteiger partial charge in [-0.15, -0.1) is 0 Å². The van der Waals surface area contributed by atoms with E-state index >= 15 is 0 Å². The molecule has 1 aromatic carbocycles. The number of nitrogens with one attached hydrogen (secondary N) is 2. The Hall–Kier alpha value is -2.37. The molecule has 0 aliphatic carbocycles. The zero-order valence-corrected chi connectivity index (χ0v) is 13.1. The van der Waals surface area contributed by atoms with E-state index in [1.54, 1.807) is 24.3 Å². The third-order valence-electron chi connectivity index (χ3n) is 2.89. The lowest BCUT2D eigenvalue weighted by Crippen LogP contribution is -2.42. The molecule has 0 spiro atoms. The molecule has 3 amide bonds. The van der Waals surface area contributed by atoms with E-state index in [1.165, 1.54) is 6.92 Å². The number of hydrogen-bond donors (Lipinski definition) is 2. The van der Waals surface area contributed by atoms with Crippen molar-refractivity contribution in [2.75, 3.05) is 13.2 Å². The van der Waals surface area contributed by atoms with Crippen molar-refractivity contribution in [3.8, 4) is 5.75 Å². The van der Waals surface area contributed by atoms with Crippen LogP contribution < -0.4 is 15.4 Å². The van der Waals surface area contributed by atoms with Gasteiger partial charge in [0.05, 0.1) is 0 Å². The number of amides is 3. The SMILES string of the molecule is CC(=O)c1ccc(OCC(=O)NC(=O)NCCC(C)C)cc1. The molecule has 6 heteroatoms. The standard InChI is InChI=1S/C16H22N2O4/c1-11(2)8-9-17-16(21)18-15(20)10-22-14-6-4-13(5-7-14)12(3)19/h4-7,11H,8-10H2,1-3H3,(H2,17,18,20,21). The maximum absolute atomic E-state index is 11.5. The monoisotopic (exact) mass is 306 g/mol. The Morgan fingerprint density at radius 1 is 1.14 bits per heavy atom. The van der Waals surface area contributed by atoms with E-state index in [-0.39, 0.29) is 12.4 Å². The molecule has 0 aliphatic rings. The van der Waals surface area contributed by atoms with Crippen LogP contribution in [-0.2, 0) is 4.79 Å². The molecule has 0 aromatic heterocycles. The van der Waals surface area contributed by atoms with Gasteiger partial charge in [-0.05, 0) is 43.5 Å². The Labute approximate surface area is 130 Å². The van der Waals surface area contributed by atoms with E-state index in [0.29, 0.717) is 23.8 Å². The number of imide groups is 1. The summed E-state index contributed by atoms with van der Waals surface area (Å²) in [7, 11) is 0. The number of carbonyl (C=O) groups is 3. The number of carbonyl (C=O) groups excluding carboxylic acids is 3. The van der Waals surface area contributed by atoms with Crippen LogP contribution in [0, 0.1) is 5.92 Å². The second kappa shape index (κ2) is 8.81. The molecule has 0 saturated carbocycles. The molecule has 1 rings (SSSR count). The number of urea groups is 1. The van der Waals surface area contributed by atoms with Gasteiger partial charge in [-0.1, -0.05) is 13.8 Å². The summed E-state index contributed by atoms with van der Waals surface area (Å²) in [5.74, 6) is 0.373. The number of Topliss-reactive ketones (excluding diaryl/α,β-unsaturated/α-hetero) is 1. The highest BCUT2D eigenvalue weighted by molar-refractivity contribution is 5.95. The summed E-state index contributed by atoms with van der Waals surface area (Å²) in [4.78, 5) is 34.1. The van der Waals surface area contributed by atoms with E-state index in [9.17, 15) is 14.4 Å². The average molecular weight is 306 g/mol. The van der Waals surface area contributed by atoms with Gasteiger partial charge in [0, 0.05) is 12.1 Å². The molecule has 0 heterocycles. The van der Waals surface area contributed by atoms with Crippen molar-refractivity contribution < 1.29 is 19.1 Å². The number of ether oxygens (including phenoxy) is 1. The third kappa shape index (κ3) is 6.88. The summed E-state index contributed by atoms with van der Waals surface area (Å²) in [6.07, 6.45) is 0.848. The molecule has 0 saturated heterocycles. The Balaban J connectivity index is 2.30. The summed E-state index contributed by atoms with van der Waals surface area (Å²) >= 11 is 0. The van der Waals surface area contributed by atoms with Crippen molar-refractivity contribution in [3.63, 3.8) is 0 Å². The minimum Gasteiger partial charge on any atom is -0.484 e. The normalized spacial score (nSPS) is 10.2. The van der Waals surface area contributed by atoms with Gasteiger partial charge in [0.15, 0.2) is 12.4 Å². The van der Waals surface area contributed by atoms with Crippen LogP contribution in [0.1, 0.15) is 37.6 Å². The zero-order valence-electron chi connectivity index (χ0n) is 13.1. The van der Waals surface area contributed by atoms with E-state index in [1.807, 2.05) is 0 Å². The predicted octanol–water partition coefficient (Wildman–Crippen LogP) is 2.14. The Kier molecular flexibility index (Phi) is 7.08. The first-order valence-electron chi connectivity index (χ1n) is 7.20. The smallest absolute Gasteiger partial charge is 0.321 e. The largest absolute Gasteiger partial charge is 0.484 e. The van der Waals surface area contributed by atoms with Crippen LogP contribution in [0.2, 0.25) is 0 Å². The number of ketones is 1. The lowest BCUT2D eigenvalue weighted by Gasteiger charge is -2.09. The highest BCUT2D eigenvalue weighted by atomic mass is 16.5. The Morgan fingerprint density at radius 2 is 1.77 bits per heavy atom. The second-order valence-electron chi connectivity index (χ2n) is 5.36. The van der Waals surface area contributed by atoms with Gasteiger partial charge in [-0.3, -0.25) is 14.9 Å². The van der Waals surface area contributed by atoms with Crippen LogP contribution in [0.4, 0.5) is 4.79 Å². The van der Waals surface area contributed by atoms with E-state index in [0.717, 1.165) is 6.42 Å². The van der Waals surface area contributed by atoms with Gasteiger partial charge >= 0.3 is 6.03 Å². The maximum atomic E-state index is 11.5. The molecule has 0 bridgehead atoms. The fraction of sp³-hybridized carbons (Fsp3) is 0.438.